The number of carbonyl (C=O) groups is 1. The zero-order valence-electron chi connectivity index (χ0n) is 13.3. The third-order valence-electron chi connectivity index (χ3n) is 4.99. The summed E-state index contributed by atoms with van der Waals surface area (Å²) in [6, 6.07) is 8.88. The van der Waals surface area contributed by atoms with Crippen molar-refractivity contribution >= 4 is 17.2 Å². The number of fused-ring (bicyclic) bond motifs is 2. The first-order chi connectivity index (χ1) is 11.2. The van der Waals surface area contributed by atoms with E-state index in [4.69, 9.17) is 0 Å². The van der Waals surface area contributed by atoms with Crippen molar-refractivity contribution in [2.24, 2.45) is 0 Å². The molecule has 2 unspecified atom stereocenters. The quantitative estimate of drug-likeness (QED) is 0.870. The molecule has 4 nitrogen and oxygen atoms in total. The first-order valence-electron chi connectivity index (χ1n) is 8.21. The summed E-state index contributed by atoms with van der Waals surface area (Å²) < 4.78 is 0. The Balaban J connectivity index is 1.47. The molecule has 1 amide bonds. The largest absolute Gasteiger partial charge is 0.336 e. The second-order valence-corrected chi connectivity index (χ2v) is 7.54. The molecule has 1 aromatic carbocycles. The van der Waals surface area contributed by atoms with Crippen molar-refractivity contribution in [1.29, 1.82) is 0 Å². The minimum absolute atomic E-state index is 0.180. The summed E-state index contributed by atoms with van der Waals surface area (Å²) in [4.78, 5) is 21.8. The predicted octanol–water partition coefficient (Wildman–Crippen LogP) is 2.94. The van der Waals surface area contributed by atoms with Gasteiger partial charge in [0.05, 0.1) is 6.54 Å². The first-order valence-corrected chi connectivity index (χ1v) is 9.09. The lowest BCUT2D eigenvalue weighted by Gasteiger charge is -2.40. The molecule has 2 aliphatic rings. The van der Waals surface area contributed by atoms with Crippen LogP contribution in [0.5, 0.6) is 0 Å². The Morgan fingerprint density at radius 2 is 2.09 bits per heavy atom. The molecule has 0 aliphatic carbocycles. The Morgan fingerprint density at radius 1 is 1.30 bits per heavy atom. The van der Waals surface area contributed by atoms with E-state index >= 15 is 0 Å². The minimum Gasteiger partial charge on any atom is -0.336 e. The van der Waals surface area contributed by atoms with Crippen LogP contribution in [-0.2, 0) is 6.54 Å². The lowest BCUT2D eigenvalue weighted by Crippen LogP contribution is -2.54. The molecule has 120 valence electrons. The van der Waals surface area contributed by atoms with Gasteiger partial charge in [0.25, 0.3) is 5.91 Å². The van der Waals surface area contributed by atoms with Crippen molar-refractivity contribution in [3.8, 4) is 0 Å². The van der Waals surface area contributed by atoms with Crippen LogP contribution in [0.25, 0.3) is 0 Å². The van der Waals surface area contributed by atoms with Gasteiger partial charge >= 0.3 is 0 Å². The van der Waals surface area contributed by atoms with Crippen LogP contribution >= 0.6 is 11.3 Å². The molecule has 0 saturated carbocycles. The standard InChI is InChI=1S/C18H21N3OS/c1-13-3-2-4-14(9-13)18(22)20-10-15-5-6-16(11-20)21(15)12-17-19-7-8-23-17/h2-4,7-9,15-16H,5-6,10-12H2,1H3. The predicted molar refractivity (Wildman–Crippen MR) is 91.5 cm³/mol. The Labute approximate surface area is 140 Å². The summed E-state index contributed by atoms with van der Waals surface area (Å²) in [5.74, 6) is 0.180. The molecule has 2 atom stereocenters. The van der Waals surface area contributed by atoms with Crippen LogP contribution in [-0.4, -0.2) is 45.9 Å². The van der Waals surface area contributed by atoms with E-state index < -0.39 is 0 Å². The maximum atomic E-state index is 12.8. The van der Waals surface area contributed by atoms with Gasteiger partial charge in [-0.05, 0) is 31.9 Å². The zero-order valence-corrected chi connectivity index (χ0v) is 14.1. The molecule has 23 heavy (non-hydrogen) atoms. The van der Waals surface area contributed by atoms with Crippen molar-refractivity contribution in [2.45, 2.75) is 38.4 Å². The van der Waals surface area contributed by atoms with E-state index in [1.54, 1.807) is 11.3 Å². The maximum Gasteiger partial charge on any atom is 0.253 e. The number of nitrogens with zero attached hydrogens (tertiary/aromatic N) is 3. The fourth-order valence-electron chi connectivity index (χ4n) is 3.86. The van der Waals surface area contributed by atoms with Gasteiger partial charge < -0.3 is 4.90 Å². The molecule has 2 bridgehead atoms. The van der Waals surface area contributed by atoms with Crippen molar-refractivity contribution in [2.75, 3.05) is 13.1 Å². The fourth-order valence-corrected chi connectivity index (χ4v) is 4.49. The second kappa shape index (κ2) is 6.06. The van der Waals surface area contributed by atoms with E-state index in [9.17, 15) is 4.79 Å². The van der Waals surface area contributed by atoms with Gasteiger partial charge in [-0.25, -0.2) is 4.98 Å². The van der Waals surface area contributed by atoms with Crippen LogP contribution in [0.1, 0.15) is 33.8 Å². The lowest BCUT2D eigenvalue weighted by atomic mass is 10.1. The van der Waals surface area contributed by atoms with E-state index in [0.29, 0.717) is 12.1 Å². The third kappa shape index (κ3) is 2.91. The third-order valence-corrected chi connectivity index (χ3v) is 5.75. The van der Waals surface area contributed by atoms with E-state index in [2.05, 4.69) is 14.8 Å². The fraction of sp³-hybridized carbons (Fsp3) is 0.444. The SMILES string of the molecule is Cc1cccc(C(=O)N2CC3CCC(C2)N3Cc2nccs2)c1. The Morgan fingerprint density at radius 3 is 2.74 bits per heavy atom. The summed E-state index contributed by atoms with van der Waals surface area (Å²) in [6.45, 7) is 4.65. The molecule has 2 aromatic rings. The van der Waals surface area contributed by atoms with E-state index in [1.165, 1.54) is 17.8 Å². The highest BCUT2D eigenvalue weighted by atomic mass is 32.1. The molecule has 3 heterocycles. The molecule has 0 spiro atoms. The molecule has 0 N–H and O–H groups in total. The van der Waals surface area contributed by atoms with E-state index in [-0.39, 0.29) is 5.91 Å². The Kier molecular flexibility index (Phi) is 3.91. The molecule has 2 fully saturated rings. The van der Waals surface area contributed by atoms with Gasteiger partial charge in [0.15, 0.2) is 0 Å². The number of hydrogen-bond donors (Lipinski definition) is 0. The summed E-state index contributed by atoms with van der Waals surface area (Å²) in [5.41, 5.74) is 1.96. The highest BCUT2D eigenvalue weighted by Gasteiger charge is 2.41. The van der Waals surface area contributed by atoms with Crippen molar-refractivity contribution in [1.82, 2.24) is 14.8 Å². The number of benzene rings is 1. The van der Waals surface area contributed by atoms with Gasteiger partial charge in [-0.3, -0.25) is 9.69 Å². The number of aromatic nitrogens is 1. The van der Waals surface area contributed by atoms with Gasteiger partial charge in [0.1, 0.15) is 5.01 Å². The highest BCUT2D eigenvalue weighted by Crippen LogP contribution is 2.32. The van der Waals surface area contributed by atoms with Gasteiger partial charge in [-0.1, -0.05) is 17.7 Å². The van der Waals surface area contributed by atoms with Crippen LogP contribution in [0.15, 0.2) is 35.8 Å². The summed E-state index contributed by atoms with van der Waals surface area (Å²) in [6.07, 6.45) is 4.25. The average molecular weight is 327 g/mol. The number of amides is 1. The topological polar surface area (TPSA) is 36.4 Å². The number of rotatable bonds is 3. The van der Waals surface area contributed by atoms with Gasteiger partial charge in [0, 0.05) is 42.3 Å². The number of carbonyl (C=O) groups excluding carboxylic acids is 1. The van der Waals surface area contributed by atoms with Crippen molar-refractivity contribution in [3.05, 3.63) is 52.0 Å². The van der Waals surface area contributed by atoms with Crippen molar-refractivity contribution < 1.29 is 4.79 Å². The molecular formula is C18H21N3OS. The number of thiazole rings is 1. The van der Waals surface area contributed by atoms with E-state index in [1.807, 2.05) is 42.8 Å². The minimum atomic E-state index is 0.180. The average Bonchev–Trinajstić information content (AvgIpc) is 3.13. The van der Waals surface area contributed by atoms with Gasteiger partial charge in [0.2, 0.25) is 0 Å². The zero-order chi connectivity index (χ0) is 15.8. The smallest absolute Gasteiger partial charge is 0.253 e. The molecule has 2 aliphatic heterocycles. The number of piperazine rings is 1. The molecule has 0 radical (unpaired) electrons. The number of hydrogen-bond acceptors (Lipinski definition) is 4. The summed E-state index contributed by atoms with van der Waals surface area (Å²) in [7, 11) is 0. The Hall–Kier alpha value is -1.72. The molecule has 4 rings (SSSR count). The van der Waals surface area contributed by atoms with Crippen LogP contribution in [0.3, 0.4) is 0 Å². The van der Waals surface area contributed by atoms with Crippen LogP contribution in [0.2, 0.25) is 0 Å². The van der Waals surface area contributed by atoms with Gasteiger partial charge in [-0.15, -0.1) is 11.3 Å². The summed E-state index contributed by atoms with van der Waals surface area (Å²) >= 11 is 1.72. The van der Waals surface area contributed by atoms with Crippen LogP contribution in [0.4, 0.5) is 0 Å². The van der Waals surface area contributed by atoms with Gasteiger partial charge in [-0.2, -0.15) is 0 Å². The highest BCUT2D eigenvalue weighted by molar-refractivity contribution is 7.09. The van der Waals surface area contributed by atoms with Crippen molar-refractivity contribution in [3.63, 3.8) is 0 Å². The summed E-state index contributed by atoms with van der Waals surface area (Å²) in [5, 5.41) is 3.22. The normalized spacial score (nSPS) is 24.1. The number of likely N-dealkylation sites (tertiary alicyclic amines) is 1. The molecule has 5 heteroatoms. The molecule has 2 saturated heterocycles. The van der Waals surface area contributed by atoms with Crippen LogP contribution < -0.4 is 0 Å². The maximum absolute atomic E-state index is 12.8. The molecular weight excluding hydrogens is 306 g/mol. The molecule has 1 aromatic heterocycles. The monoisotopic (exact) mass is 327 g/mol. The second-order valence-electron chi connectivity index (χ2n) is 6.56. The first kappa shape index (κ1) is 14.8. The Bertz CT molecular complexity index is 686. The van der Waals surface area contributed by atoms with E-state index in [0.717, 1.165) is 30.8 Å². The number of aryl methyl sites for hydroxylation is 1. The van der Waals surface area contributed by atoms with Crippen LogP contribution in [0, 0.1) is 6.92 Å². The lowest BCUT2D eigenvalue weighted by molar-refractivity contribution is 0.0423.